The van der Waals surface area contributed by atoms with E-state index < -0.39 is 22.3 Å². The molecule has 0 bridgehead atoms. The summed E-state index contributed by atoms with van der Waals surface area (Å²) in [4.78, 5) is 22.4. The number of carbonyl (C=O) groups excluding carboxylic acids is 1. The fraction of sp³-hybridized carbons (Fsp3) is 0.100. The van der Waals surface area contributed by atoms with Gasteiger partial charge in [0.2, 0.25) is 5.75 Å². The summed E-state index contributed by atoms with van der Waals surface area (Å²) in [5.41, 5.74) is 0.628. The van der Waals surface area contributed by atoms with Crippen LogP contribution in [0.3, 0.4) is 0 Å². The van der Waals surface area contributed by atoms with Gasteiger partial charge in [0.05, 0.1) is 12.0 Å². The number of nitro benzene ring substituents is 1. The first-order valence-corrected chi connectivity index (χ1v) is 8.12. The number of ether oxygens (including phenoxy) is 1. The Morgan fingerprint density at radius 3 is 2.68 bits per heavy atom. The molecule has 0 unspecified atom stereocenters. The normalized spacial score (nSPS) is 11.1. The van der Waals surface area contributed by atoms with E-state index in [1.807, 2.05) is 36.4 Å². The number of amides is 1. The molecule has 2 aromatic rings. The van der Waals surface area contributed by atoms with Crippen molar-refractivity contribution in [1.82, 2.24) is 5.32 Å². The van der Waals surface area contributed by atoms with Crippen molar-refractivity contribution in [3.63, 3.8) is 0 Å². The molecule has 0 fully saturated rings. The number of phenolic OH excluding ortho intramolecular Hbond substituents is 1. The van der Waals surface area contributed by atoms with Crippen LogP contribution >= 0.6 is 0 Å². The number of nitrogens with zero attached hydrogens (tertiary/aromatic N) is 2. The quantitative estimate of drug-likeness (QED) is 0.250. The van der Waals surface area contributed by atoms with Gasteiger partial charge in [-0.05, 0) is 23.3 Å². The minimum absolute atomic E-state index is 0.0565. The van der Waals surface area contributed by atoms with Crippen LogP contribution in [0.15, 0.2) is 60.2 Å². The highest BCUT2D eigenvalue weighted by Gasteiger charge is 2.19. The third-order valence-electron chi connectivity index (χ3n) is 3.71. The van der Waals surface area contributed by atoms with Crippen LogP contribution in [0.5, 0.6) is 11.5 Å². The minimum Gasteiger partial charge on any atom is -0.500 e. The summed E-state index contributed by atoms with van der Waals surface area (Å²) in [6.07, 6.45) is 4.17. The van der Waals surface area contributed by atoms with Gasteiger partial charge in [-0.1, -0.05) is 42.5 Å². The average Bonchev–Trinajstić information content (AvgIpc) is 2.70. The molecule has 0 aromatic heterocycles. The summed E-state index contributed by atoms with van der Waals surface area (Å²) >= 11 is 0. The van der Waals surface area contributed by atoms with Gasteiger partial charge >= 0.3 is 5.69 Å². The molecule has 2 rings (SSSR count). The van der Waals surface area contributed by atoms with E-state index in [9.17, 15) is 25.3 Å². The van der Waals surface area contributed by atoms with Crippen molar-refractivity contribution < 1.29 is 19.6 Å². The Hall–Kier alpha value is -4.12. The van der Waals surface area contributed by atoms with Gasteiger partial charge < -0.3 is 15.2 Å². The molecule has 0 saturated heterocycles. The minimum atomic E-state index is -0.733. The van der Waals surface area contributed by atoms with Gasteiger partial charge in [-0.3, -0.25) is 14.9 Å². The van der Waals surface area contributed by atoms with E-state index in [4.69, 9.17) is 4.74 Å². The summed E-state index contributed by atoms with van der Waals surface area (Å²) in [6.45, 7) is 0.282. The molecule has 0 radical (unpaired) electrons. The van der Waals surface area contributed by atoms with Gasteiger partial charge in [0.1, 0.15) is 11.6 Å². The third kappa shape index (κ3) is 5.19. The van der Waals surface area contributed by atoms with Crippen molar-refractivity contribution in [2.75, 3.05) is 7.11 Å². The van der Waals surface area contributed by atoms with E-state index in [1.165, 1.54) is 31.4 Å². The standard InChI is InChI=1S/C20H17N3O5/c1-28-18-11-15(10-17(19(18)24)23(26)27)8-5-9-16(12-21)20(25)22-13-14-6-3-2-4-7-14/h2-11,24H,13H2,1H3,(H,22,25)/b8-5+,16-9+. The molecule has 0 spiro atoms. The average molecular weight is 379 g/mol. The molecular formula is C20H17N3O5. The van der Waals surface area contributed by atoms with E-state index >= 15 is 0 Å². The maximum atomic E-state index is 12.1. The summed E-state index contributed by atoms with van der Waals surface area (Å²) in [5, 5.41) is 32.6. The van der Waals surface area contributed by atoms with E-state index in [2.05, 4.69) is 5.32 Å². The van der Waals surface area contributed by atoms with E-state index in [0.29, 0.717) is 5.56 Å². The molecular weight excluding hydrogens is 362 g/mol. The van der Waals surface area contributed by atoms with Gasteiger partial charge in [0, 0.05) is 12.6 Å². The van der Waals surface area contributed by atoms with Crippen molar-refractivity contribution in [1.29, 1.82) is 5.26 Å². The Kier molecular flexibility index (Phi) is 6.88. The first-order chi connectivity index (χ1) is 13.5. The molecule has 2 aromatic carbocycles. The van der Waals surface area contributed by atoms with Gasteiger partial charge in [0.25, 0.3) is 5.91 Å². The van der Waals surface area contributed by atoms with Crippen LogP contribution in [0.4, 0.5) is 5.69 Å². The fourth-order valence-electron chi connectivity index (χ4n) is 2.30. The van der Waals surface area contributed by atoms with Crippen LogP contribution < -0.4 is 10.1 Å². The van der Waals surface area contributed by atoms with Crippen LogP contribution in [-0.4, -0.2) is 23.0 Å². The molecule has 0 aliphatic rings. The monoisotopic (exact) mass is 379 g/mol. The van der Waals surface area contributed by atoms with Crippen molar-refractivity contribution >= 4 is 17.7 Å². The van der Waals surface area contributed by atoms with Gasteiger partial charge in [0.15, 0.2) is 5.75 Å². The van der Waals surface area contributed by atoms with E-state index in [1.54, 1.807) is 0 Å². The molecule has 1 amide bonds. The second-order valence-electron chi connectivity index (χ2n) is 5.57. The first-order valence-electron chi connectivity index (χ1n) is 8.12. The van der Waals surface area contributed by atoms with Gasteiger partial charge in [-0.25, -0.2) is 0 Å². The van der Waals surface area contributed by atoms with Crippen LogP contribution in [0.25, 0.3) is 6.08 Å². The summed E-state index contributed by atoms with van der Waals surface area (Å²) in [6, 6.07) is 13.6. The highest BCUT2D eigenvalue weighted by molar-refractivity contribution is 5.97. The zero-order chi connectivity index (χ0) is 20.5. The number of carbonyl (C=O) groups is 1. The van der Waals surface area contributed by atoms with E-state index in [-0.39, 0.29) is 17.9 Å². The summed E-state index contributed by atoms with van der Waals surface area (Å²) in [7, 11) is 1.27. The van der Waals surface area contributed by atoms with Crippen LogP contribution in [0.1, 0.15) is 11.1 Å². The lowest BCUT2D eigenvalue weighted by molar-refractivity contribution is -0.386. The number of nitriles is 1. The fourth-order valence-corrected chi connectivity index (χ4v) is 2.30. The number of hydrogen-bond donors (Lipinski definition) is 2. The molecule has 8 heteroatoms. The third-order valence-corrected chi connectivity index (χ3v) is 3.71. The zero-order valence-corrected chi connectivity index (χ0v) is 15.0. The summed E-state index contributed by atoms with van der Waals surface area (Å²) < 4.78 is 4.92. The maximum Gasteiger partial charge on any atom is 0.315 e. The van der Waals surface area contributed by atoms with Crippen LogP contribution in [0, 0.1) is 21.4 Å². The SMILES string of the molecule is COc1cc(/C=C/C=C(\C#N)C(=O)NCc2ccccc2)cc([N+](=O)[O-])c1O. The van der Waals surface area contributed by atoms with E-state index in [0.717, 1.165) is 11.6 Å². The number of methoxy groups -OCH3 is 1. The number of nitro groups is 1. The maximum absolute atomic E-state index is 12.1. The molecule has 0 atom stereocenters. The Labute approximate surface area is 161 Å². The predicted molar refractivity (Wildman–Crippen MR) is 102 cm³/mol. The van der Waals surface area contributed by atoms with Crippen LogP contribution in [0.2, 0.25) is 0 Å². The van der Waals surface area contributed by atoms with Crippen molar-refractivity contribution in [3.8, 4) is 17.6 Å². The topological polar surface area (TPSA) is 125 Å². The lowest BCUT2D eigenvalue weighted by Crippen LogP contribution is -2.23. The second-order valence-corrected chi connectivity index (χ2v) is 5.57. The largest absolute Gasteiger partial charge is 0.500 e. The number of aromatic hydroxyl groups is 1. The Bertz CT molecular complexity index is 975. The molecule has 0 saturated carbocycles. The molecule has 2 N–H and O–H groups in total. The van der Waals surface area contributed by atoms with Crippen molar-refractivity contribution in [2.24, 2.45) is 0 Å². The number of rotatable bonds is 7. The first kappa shape index (κ1) is 20.2. The summed E-state index contributed by atoms with van der Waals surface area (Å²) in [5.74, 6) is -1.16. The predicted octanol–water partition coefficient (Wildman–Crippen LogP) is 3.09. The highest BCUT2D eigenvalue weighted by atomic mass is 16.6. The number of hydrogen-bond acceptors (Lipinski definition) is 6. The zero-order valence-electron chi connectivity index (χ0n) is 15.0. The second kappa shape index (κ2) is 9.54. The molecule has 8 nitrogen and oxygen atoms in total. The lowest BCUT2D eigenvalue weighted by Gasteiger charge is -2.05. The Morgan fingerprint density at radius 1 is 1.36 bits per heavy atom. The number of phenols is 1. The number of benzene rings is 2. The smallest absolute Gasteiger partial charge is 0.315 e. The molecule has 142 valence electrons. The molecule has 0 aliphatic carbocycles. The van der Waals surface area contributed by atoms with Crippen molar-refractivity contribution in [2.45, 2.75) is 6.54 Å². The van der Waals surface area contributed by atoms with Gasteiger partial charge in [-0.2, -0.15) is 5.26 Å². The Balaban J connectivity index is 2.14. The highest BCUT2D eigenvalue weighted by Crippen LogP contribution is 2.37. The van der Waals surface area contributed by atoms with Gasteiger partial charge in [-0.15, -0.1) is 0 Å². The molecule has 0 heterocycles. The number of nitrogens with one attached hydrogen (secondary N) is 1. The molecule has 0 aliphatic heterocycles. The Morgan fingerprint density at radius 2 is 2.07 bits per heavy atom. The molecule has 28 heavy (non-hydrogen) atoms. The lowest BCUT2D eigenvalue weighted by atomic mass is 10.1. The number of allylic oxidation sites excluding steroid dienone is 2. The van der Waals surface area contributed by atoms with Crippen LogP contribution in [-0.2, 0) is 11.3 Å². The van der Waals surface area contributed by atoms with Crippen molar-refractivity contribution in [3.05, 3.63) is 81.4 Å².